The van der Waals surface area contributed by atoms with Crippen molar-refractivity contribution in [3.63, 3.8) is 0 Å². The Bertz CT molecular complexity index is 796. The SMILES string of the molecule is O=C(NCCc1cn2ccccc2n1)N1CCC(N2CCSCC2)CC1.O=CO.O=CO. The minimum atomic E-state index is -0.250. The van der Waals surface area contributed by atoms with Crippen LogP contribution in [0, 0.1) is 0 Å². The Kier molecular flexibility index (Phi) is 11.4. The van der Waals surface area contributed by atoms with Crippen LogP contribution in [0.3, 0.4) is 0 Å². The van der Waals surface area contributed by atoms with E-state index in [1.54, 1.807) is 0 Å². The average Bonchev–Trinajstić information content (AvgIpc) is 3.24. The van der Waals surface area contributed by atoms with Crippen molar-refractivity contribution in [1.82, 2.24) is 24.5 Å². The molecular formula is C21H31N5O5S. The van der Waals surface area contributed by atoms with Crippen LogP contribution < -0.4 is 5.32 Å². The third-order valence-corrected chi connectivity index (χ3v) is 6.33. The monoisotopic (exact) mass is 465 g/mol. The predicted octanol–water partition coefficient (Wildman–Crippen LogP) is 1.50. The molecular weight excluding hydrogens is 434 g/mol. The van der Waals surface area contributed by atoms with Gasteiger partial charge in [-0.15, -0.1) is 0 Å². The largest absolute Gasteiger partial charge is 0.483 e. The van der Waals surface area contributed by atoms with Crippen molar-refractivity contribution < 1.29 is 24.6 Å². The van der Waals surface area contributed by atoms with Gasteiger partial charge in [0.25, 0.3) is 12.9 Å². The normalized spacial score (nSPS) is 16.8. The number of urea groups is 1. The summed E-state index contributed by atoms with van der Waals surface area (Å²) in [6.45, 7) is 4.29. The van der Waals surface area contributed by atoms with E-state index in [1.165, 1.54) is 24.6 Å². The van der Waals surface area contributed by atoms with Crippen LogP contribution in [-0.2, 0) is 16.0 Å². The molecule has 0 aliphatic carbocycles. The summed E-state index contributed by atoms with van der Waals surface area (Å²) >= 11 is 2.05. The van der Waals surface area contributed by atoms with Gasteiger partial charge in [0.15, 0.2) is 0 Å². The molecule has 2 saturated heterocycles. The Balaban J connectivity index is 0.000000547. The summed E-state index contributed by atoms with van der Waals surface area (Å²) in [5.74, 6) is 2.51. The lowest BCUT2D eigenvalue weighted by Gasteiger charge is -2.40. The van der Waals surface area contributed by atoms with Crippen molar-refractivity contribution in [2.75, 3.05) is 44.2 Å². The molecule has 2 fully saturated rings. The second-order valence-corrected chi connectivity index (χ2v) is 8.48. The van der Waals surface area contributed by atoms with Gasteiger partial charge in [-0.05, 0) is 25.0 Å². The second-order valence-electron chi connectivity index (χ2n) is 7.26. The van der Waals surface area contributed by atoms with Gasteiger partial charge in [0.2, 0.25) is 0 Å². The summed E-state index contributed by atoms with van der Waals surface area (Å²) in [5.41, 5.74) is 1.96. The highest BCUT2D eigenvalue weighted by Gasteiger charge is 2.27. The molecule has 4 heterocycles. The fraction of sp³-hybridized carbons (Fsp3) is 0.524. The Labute approximate surface area is 191 Å². The molecule has 176 valence electrons. The number of carbonyl (C=O) groups excluding carboxylic acids is 1. The average molecular weight is 466 g/mol. The number of hydrogen-bond donors (Lipinski definition) is 3. The fourth-order valence-corrected chi connectivity index (χ4v) is 4.83. The molecule has 0 spiro atoms. The molecule has 4 rings (SSSR count). The maximum absolute atomic E-state index is 12.4. The number of piperidine rings is 1. The number of imidazole rings is 1. The van der Waals surface area contributed by atoms with Gasteiger partial charge in [-0.2, -0.15) is 11.8 Å². The van der Waals surface area contributed by atoms with E-state index in [1.807, 2.05) is 39.9 Å². The topological polar surface area (TPSA) is 127 Å². The highest BCUT2D eigenvalue weighted by Crippen LogP contribution is 2.20. The Morgan fingerprint density at radius 2 is 1.78 bits per heavy atom. The lowest BCUT2D eigenvalue weighted by molar-refractivity contribution is -0.123. The zero-order valence-corrected chi connectivity index (χ0v) is 18.8. The fourth-order valence-electron chi connectivity index (χ4n) is 3.89. The van der Waals surface area contributed by atoms with Crippen molar-refractivity contribution in [3.8, 4) is 0 Å². The van der Waals surface area contributed by atoms with Crippen LogP contribution in [0.4, 0.5) is 4.79 Å². The van der Waals surface area contributed by atoms with Crippen molar-refractivity contribution in [2.24, 2.45) is 0 Å². The lowest BCUT2D eigenvalue weighted by Crippen LogP contribution is -2.51. The minimum absolute atomic E-state index is 0.0708. The van der Waals surface area contributed by atoms with Gasteiger partial charge in [-0.25, -0.2) is 9.78 Å². The van der Waals surface area contributed by atoms with Crippen LogP contribution in [0.25, 0.3) is 5.65 Å². The predicted molar refractivity (Wildman–Crippen MR) is 123 cm³/mol. The van der Waals surface area contributed by atoms with Gasteiger partial charge in [0.1, 0.15) is 5.65 Å². The zero-order chi connectivity index (χ0) is 23.2. The van der Waals surface area contributed by atoms with Gasteiger partial charge in [-0.1, -0.05) is 6.07 Å². The van der Waals surface area contributed by atoms with Gasteiger partial charge in [0, 0.05) is 69.1 Å². The Morgan fingerprint density at radius 1 is 1.12 bits per heavy atom. The third kappa shape index (κ3) is 8.04. The Morgan fingerprint density at radius 3 is 2.41 bits per heavy atom. The third-order valence-electron chi connectivity index (χ3n) is 5.39. The molecule has 2 aliphatic rings. The summed E-state index contributed by atoms with van der Waals surface area (Å²) in [4.78, 5) is 38.3. The quantitative estimate of drug-likeness (QED) is 0.580. The molecule has 0 aromatic carbocycles. The number of pyridine rings is 1. The molecule has 0 saturated carbocycles. The molecule has 0 bridgehead atoms. The summed E-state index contributed by atoms with van der Waals surface area (Å²) in [6.07, 6.45) is 6.99. The highest BCUT2D eigenvalue weighted by molar-refractivity contribution is 7.99. The van der Waals surface area contributed by atoms with Gasteiger partial charge < -0.3 is 24.8 Å². The number of rotatable bonds is 4. The van der Waals surface area contributed by atoms with E-state index >= 15 is 0 Å². The first-order valence-corrected chi connectivity index (χ1v) is 11.7. The molecule has 0 radical (unpaired) electrons. The maximum Gasteiger partial charge on any atom is 0.317 e. The molecule has 10 nitrogen and oxygen atoms in total. The van der Waals surface area contributed by atoms with Crippen LogP contribution in [0.15, 0.2) is 30.6 Å². The van der Waals surface area contributed by atoms with Crippen molar-refractivity contribution in [1.29, 1.82) is 0 Å². The highest BCUT2D eigenvalue weighted by atomic mass is 32.2. The molecule has 2 aromatic rings. The zero-order valence-electron chi connectivity index (χ0n) is 18.0. The standard InChI is InChI=1S/C19H27N5OS.2CH2O2/c25-19(20-7-4-16-15-24-8-2-1-3-18(24)21-16)23-9-5-17(6-10-23)22-11-13-26-14-12-22;2*2-1-3/h1-3,8,15,17H,4-7,9-14H2,(H,20,25);2*1H,(H,2,3). The number of hydrogen-bond acceptors (Lipinski definition) is 6. The second kappa shape index (κ2) is 14.3. The molecule has 11 heteroatoms. The van der Waals surface area contributed by atoms with Crippen LogP contribution in [0.1, 0.15) is 18.5 Å². The van der Waals surface area contributed by atoms with Crippen LogP contribution >= 0.6 is 11.8 Å². The van der Waals surface area contributed by atoms with Crippen LogP contribution in [-0.4, -0.2) is 98.6 Å². The van der Waals surface area contributed by atoms with Crippen molar-refractivity contribution >= 4 is 36.4 Å². The number of carbonyl (C=O) groups is 3. The first kappa shape index (κ1) is 25.5. The van der Waals surface area contributed by atoms with Crippen molar-refractivity contribution in [2.45, 2.75) is 25.3 Å². The lowest BCUT2D eigenvalue weighted by atomic mass is 10.0. The first-order valence-electron chi connectivity index (χ1n) is 10.6. The van der Waals surface area contributed by atoms with E-state index in [9.17, 15) is 4.79 Å². The maximum atomic E-state index is 12.4. The van der Waals surface area contributed by atoms with Crippen LogP contribution in [0.2, 0.25) is 0 Å². The molecule has 2 amide bonds. The number of thioether (sulfide) groups is 1. The first-order chi connectivity index (χ1) is 15.6. The molecule has 0 unspecified atom stereocenters. The summed E-state index contributed by atoms with van der Waals surface area (Å²) in [7, 11) is 0. The summed E-state index contributed by atoms with van der Waals surface area (Å²) < 4.78 is 2.01. The Hall–Kier alpha value is -2.79. The van der Waals surface area contributed by atoms with E-state index in [4.69, 9.17) is 19.8 Å². The number of carboxylic acid groups (broad SMARTS) is 2. The molecule has 2 aromatic heterocycles. The van der Waals surface area contributed by atoms with E-state index in [-0.39, 0.29) is 19.0 Å². The summed E-state index contributed by atoms with van der Waals surface area (Å²) in [5, 5.41) is 16.8. The van der Waals surface area contributed by atoms with E-state index in [0.29, 0.717) is 12.6 Å². The van der Waals surface area contributed by atoms with Crippen LogP contribution in [0.5, 0.6) is 0 Å². The number of fused-ring (bicyclic) bond motifs is 1. The number of likely N-dealkylation sites (tertiary alicyclic amines) is 1. The van der Waals surface area contributed by atoms with Gasteiger partial charge in [0.05, 0.1) is 5.69 Å². The van der Waals surface area contributed by atoms with Crippen molar-refractivity contribution in [3.05, 3.63) is 36.3 Å². The minimum Gasteiger partial charge on any atom is -0.483 e. The number of nitrogens with zero attached hydrogens (tertiary/aromatic N) is 4. The molecule has 2 aliphatic heterocycles. The van der Waals surface area contributed by atoms with E-state index < -0.39 is 0 Å². The summed E-state index contributed by atoms with van der Waals surface area (Å²) in [6, 6.07) is 6.71. The number of amides is 2. The number of aromatic nitrogens is 2. The molecule has 3 N–H and O–H groups in total. The number of nitrogens with one attached hydrogen (secondary N) is 1. The van der Waals surface area contributed by atoms with E-state index in [2.05, 4.69) is 27.0 Å². The van der Waals surface area contributed by atoms with E-state index in [0.717, 1.165) is 43.7 Å². The van der Waals surface area contributed by atoms with Gasteiger partial charge in [-0.3, -0.25) is 14.5 Å². The molecule has 0 atom stereocenters. The smallest absolute Gasteiger partial charge is 0.317 e. The molecule has 32 heavy (non-hydrogen) atoms. The van der Waals surface area contributed by atoms with Gasteiger partial charge >= 0.3 is 6.03 Å².